The zero-order valence-electron chi connectivity index (χ0n) is 17.3. The molecule has 0 aliphatic carbocycles. The van der Waals surface area contributed by atoms with Crippen molar-refractivity contribution in [3.8, 4) is 17.3 Å². The van der Waals surface area contributed by atoms with Crippen molar-refractivity contribution in [3.05, 3.63) is 71.1 Å². The highest BCUT2D eigenvalue weighted by Gasteiger charge is 2.18. The average molecular weight is 432 g/mol. The lowest BCUT2D eigenvalue weighted by Gasteiger charge is -2.34. The van der Waals surface area contributed by atoms with Gasteiger partial charge in [-0.3, -0.25) is 9.69 Å². The summed E-state index contributed by atoms with van der Waals surface area (Å²) in [7, 11) is 0. The number of anilines is 1. The van der Waals surface area contributed by atoms with Crippen LogP contribution in [0.2, 0.25) is 0 Å². The summed E-state index contributed by atoms with van der Waals surface area (Å²) >= 11 is 1.46. The maximum absolute atomic E-state index is 12.4. The predicted octanol–water partition coefficient (Wildman–Crippen LogP) is 3.83. The van der Waals surface area contributed by atoms with Crippen LogP contribution in [0.15, 0.2) is 60.0 Å². The first-order valence-corrected chi connectivity index (χ1v) is 11.3. The molecule has 0 radical (unpaired) electrons. The van der Waals surface area contributed by atoms with Gasteiger partial charge >= 0.3 is 0 Å². The molecule has 1 aliphatic heterocycles. The Balaban J connectivity index is 1.18. The molecule has 31 heavy (non-hydrogen) atoms. The van der Waals surface area contributed by atoms with Gasteiger partial charge in [-0.15, -0.1) is 11.3 Å². The van der Waals surface area contributed by atoms with Gasteiger partial charge in [0.25, 0.3) is 0 Å². The fourth-order valence-electron chi connectivity index (χ4n) is 3.63. The standard InChI is InChI=1S/C24H25N5OS/c25-16-19-6-8-20(9-7-19)17-29-14-12-28(13-15-29)11-10-23(30)27-24-26-22(18-31-24)21-4-2-1-3-5-21/h1-9,18H,10-15,17H2,(H,26,27,30). The van der Waals surface area contributed by atoms with Crippen LogP contribution >= 0.6 is 11.3 Å². The van der Waals surface area contributed by atoms with Crippen molar-refractivity contribution in [3.63, 3.8) is 0 Å². The van der Waals surface area contributed by atoms with Gasteiger partial charge in [0, 0.05) is 56.6 Å². The molecule has 6 nitrogen and oxygen atoms in total. The lowest BCUT2D eigenvalue weighted by Crippen LogP contribution is -2.46. The highest BCUT2D eigenvalue weighted by Crippen LogP contribution is 2.24. The van der Waals surface area contributed by atoms with Crippen molar-refractivity contribution in [2.24, 2.45) is 0 Å². The number of piperazine rings is 1. The summed E-state index contributed by atoms with van der Waals surface area (Å²) in [5.41, 5.74) is 3.86. The van der Waals surface area contributed by atoms with Crippen LogP contribution in [0.5, 0.6) is 0 Å². The number of nitrogens with zero attached hydrogens (tertiary/aromatic N) is 4. The van der Waals surface area contributed by atoms with E-state index in [0.717, 1.165) is 50.5 Å². The SMILES string of the molecule is N#Cc1ccc(CN2CCN(CCC(=O)Nc3nc(-c4ccccc4)cs3)CC2)cc1. The lowest BCUT2D eigenvalue weighted by atomic mass is 10.1. The third kappa shape index (κ3) is 5.98. The van der Waals surface area contributed by atoms with Crippen LogP contribution in [-0.2, 0) is 11.3 Å². The van der Waals surface area contributed by atoms with Crippen LogP contribution < -0.4 is 5.32 Å². The van der Waals surface area contributed by atoms with E-state index in [-0.39, 0.29) is 5.91 Å². The van der Waals surface area contributed by atoms with Gasteiger partial charge in [-0.1, -0.05) is 42.5 Å². The van der Waals surface area contributed by atoms with Gasteiger partial charge in [0.05, 0.1) is 17.3 Å². The number of carbonyl (C=O) groups is 1. The summed E-state index contributed by atoms with van der Waals surface area (Å²) in [5, 5.41) is 14.5. The number of nitrogens with one attached hydrogen (secondary N) is 1. The third-order valence-electron chi connectivity index (χ3n) is 5.43. The summed E-state index contributed by atoms with van der Waals surface area (Å²) < 4.78 is 0. The highest BCUT2D eigenvalue weighted by atomic mass is 32.1. The van der Waals surface area contributed by atoms with Crippen LogP contribution in [0.4, 0.5) is 5.13 Å². The first-order valence-electron chi connectivity index (χ1n) is 10.4. The van der Waals surface area contributed by atoms with E-state index in [9.17, 15) is 4.79 Å². The topological polar surface area (TPSA) is 72.3 Å². The zero-order valence-corrected chi connectivity index (χ0v) is 18.1. The van der Waals surface area contributed by atoms with Crippen LogP contribution in [0.1, 0.15) is 17.5 Å². The van der Waals surface area contributed by atoms with Crippen molar-refractivity contribution in [1.82, 2.24) is 14.8 Å². The second kappa shape index (κ2) is 10.3. The van der Waals surface area contributed by atoms with Crippen molar-refractivity contribution in [1.29, 1.82) is 5.26 Å². The van der Waals surface area contributed by atoms with Gasteiger partial charge in [-0.2, -0.15) is 5.26 Å². The number of nitriles is 1. The fourth-order valence-corrected chi connectivity index (χ4v) is 4.36. The molecule has 158 valence electrons. The predicted molar refractivity (Wildman–Crippen MR) is 124 cm³/mol. The van der Waals surface area contributed by atoms with Crippen LogP contribution in [0.3, 0.4) is 0 Å². The van der Waals surface area contributed by atoms with Crippen molar-refractivity contribution >= 4 is 22.4 Å². The fraction of sp³-hybridized carbons (Fsp3) is 0.292. The second-order valence-corrected chi connectivity index (χ2v) is 8.49. The van der Waals surface area contributed by atoms with Crippen LogP contribution in [-0.4, -0.2) is 53.4 Å². The second-order valence-electron chi connectivity index (χ2n) is 7.63. The molecule has 0 saturated carbocycles. The Hall–Kier alpha value is -3.05. The van der Waals surface area contributed by atoms with Crippen LogP contribution in [0, 0.1) is 11.3 Å². The Bertz CT molecular complexity index is 1030. The Kier molecular flexibility index (Phi) is 7.05. The summed E-state index contributed by atoms with van der Waals surface area (Å²) in [6.07, 6.45) is 0.468. The maximum Gasteiger partial charge on any atom is 0.227 e. The van der Waals surface area contributed by atoms with Crippen molar-refractivity contribution < 1.29 is 4.79 Å². The van der Waals surface area contributed by atoms with E-state index in [1.807, 2.05) is 60.0 Å². The normalized spacial score (nSPS) is 14.8. The van der Waals surface area contributed by atoms with E-state index in [2.05, 4.69) is 26.2 Å². The minimum absolute atomic E-state index is 0.00831. The van der Waals surface area contributed by atoms with Gasteiger partial charge < -0.3 is 10.2 Å². The number of aromatic nitrogens is 1. The van der Waals surface area contributed by atoms with Gasteiger partial charge in [-0.25, -0.2) is 4.98 Å². The summed E-state index contributed by atoms with van der Waals surface area (Å²) in [6, 6.07) is 19.9. The number of hydrogen-bond donors (Lipinski definition) is 1. The first-order chi connectivity index (χ1) is 15.2. The molecular formula is C24H25N5OS. The number of benzene rings is 2. The van der Waals surface area contributed by atoms with E-state index in [1.54, 1.807) is 0 Å². The van der Waals surface area contributed by atoms with Crippen molar-refractivity contribution in [2.75, 3.05) is 38.0 Å². The minimum Gasteiger partial charge on any atom is -0.302 e. The smallest absolute Gasteiger partial charge is 0.227 e. The Morgan fingerprint density at radius 2 is 1.74 bits per heavy atom. The Morgan fingerprint density at radius 3 is 2.45 bits per heavy atom. The molecule has 4 rings (SSSR count). The van der Waals surface area contributed by atoms with E-state index in [4.69, 9.17) is 5.26 Å². The molecular weight excluding hydrogens is 406 g/mol. The molecule has 0 unspecified atom stereocenters. The number of amides is 1. The summed E-state index contributed by atoms with van der Waals surface area (Å²) in [6.45, 7) is 5.53. The van der Waals surface area contributed by atoms with Crippen molar-refractivity contribution in [2.45, 2.75) is 13.0 Å². The molecule has 0 spiro atoms. The number of thiazole rings is 1. The Morgan fingerprint density at radius 1 is 1.03 bits per heavy atom. The molecule has 0 bridgehead atoms. The molecule has 1 aliphatic rings. The number of carbonyl (C=O) groups excluding carboxylic acids is 1. The monoisotopic (exact) mass is 431 g/mol. The largest absolute Gasteiger partial charge is 0.302 e. The highest BCUT2D eigenvalue weighted by molar-refractivity contribution is 7.14. The molecule has 7 heteroatoms. The average Bonchev–Trinajstić information content (AvgIpc) is 3.28. The first kappa shape index (κ1) is 21.2. The van der Waals surface area contributed by atoms with Gasteiger partial charge in [0.15, 0.2) is 5.13 Å². The summed E-state index contributed by atoms with van der Waals surface area (Å²) in [5.74, 6) is 0.00831. The number of hydrogen-bond acceptors (Lipinski definition) is 6. The lowest BCUT2D eigenvalue weighted by molar-refractivity contribution is -0.116. The molecule has 1 aromatic heterocycles. The molecule has 1 fully saturated rings. The number of rotatable bonds is 7. The zero-order chi connectivity index (χ0) is 21.5. The van der Waals surface area contributed by atoms with Gasteiger partial charge in [0.1, 0.15) is 0 Å². The quantitative estimate of drug-likeness (QED) is 0.616. The third-order valence-corrected chi connectivity index (χ3v) is 6.19. The molecule has 1 saturated heterocycles. The molecule has 2 heterocycles. The molecule has 2 aromatic carbocycles. The van der Waals surface area contributed by atoms with Gasteiger partial charge in [-0.05, 0) is 17.7 Å². The molecule has 1 N–H and O–H groups in total. The van der Waals surface area contributed by atoms with Gasteiger partial charge in [0.2, 0.25) is 5.91 Å². The molecule has 1 amide bonds. The van der Waals surface area contributed by atoms with E-state index < -0.39 is 0 Å². The molecule has 0 atom stereocenters. The summed E-state index contributed by atoms with van der Waals surface area (Å²) in [4.78, 5) is 21.6. The molecule has 3 aromatic rings. The minimum atomic E-state index is 0.00831. The Labute approximate surface area is 186 Å². The van der Waals surface area contributed by atoms with E-state index in [1.165, 1.54) is 16.9 Å². The maximum atomic E-state index is 12.4. The van der Waals surface area contributed by atoms with Crippen LogP contribution in [0.25, 0.3) is 11.3 Å². The van der Waals surface area contributed by atoms with E-state index in [0.29, 0.717) is 17.1 Å². The van der Waals surface area contributed by atoms with E-state index >= 15 is 0 Å².